The molecular weight excluding hydrogens is 212 g/mol. The number of hydrogen-bond acceptors (Lipinski definition) is 5. The summed E-state index contributed by atoms with van der Waals surface area (Å²) in [7, 11) is 0. The molecule has 0 amide bonds. The molecule has 1 aromatic rings. The van der Waals surface area contributed by atoms with Crippen LogP contribution in [-0.4, -0.2) is 32.6 Å². The predicted molar refractivity (Wildman–Crippen MR) is 50.7 cm³/mol. The van der Waals surface area contributed by atoms with Gasteiger partial charge in [0.15, 0.2) is 4.77 Å². The lowest BCUT2D eigenvalue weighted by atomic mass is 10.6. The second-order valence-corrected chi connectivity index (χ2v) is 2.89. The first-order valence-electron chi connectivity index (χ1n) is 3.24. The second kappa shape index (κ2) is 4.10. The molecule has 0 saturated carbocycles. The lowest BCUT2D eigenvalue weighted by Gasteiger charge is -2.00. The van der Waals surface area contributed by atoms with Crippen molar-refractivity contribution in [2.24, 2.45) is 0 Å². The lowest BCUT2D eigenvalue weighted by molar-refractivity contribution is -0.134. The van der Waals surface area contributed by atoms with Gasteiger partial charge in [-0.1, -0.05) is 0 Å². The Balaban J connectivity index is 2.84. The number of hydrogen-bond donors (Lipinski definition) is 4. The zero-order valence-electron chi connectivity index (χ0n) is 6.33. The van der Waals surface area contributed by atoms with Gasteiger partial charge in [-0.15, -0.1) is 0 Å². The van der Waals surface area contributed by atoms with E-state index in [9.17, 15) is 4.79 Å². The minimum atomic E-state index is -0.986. The Morgan fingerprint density at radius 3 is 2.77 bits per heavy atom. The molecule has 1 heterocycles. The Bertz CT molecular complexity index is 395. The van der Waals surface area contributed by atoms with Crippen LogP contribution in [0.15, 0.2) is 0 Å². The first-order chi connectivity index (χ1) is 6.08. The van der Waals surface area contributed by atoms with E-state index >= 15 is 0 Å². The van der Waals surface area contributed by atoms with E-state index in [1.807, 2.05) is 0 Å². The number of nitrogens with one attached hydrogen (secondary N) is 3. The average Bonchev–Trinajstić information content (AvgIpc) is 1.99. The minimum Gasteiger partial charge on any atom is -0.480 e. The first-order valence-corrected chi connectivity index (χ1v) is 4.06. The van der Waals surface area contributed by atoms with E-state index in [-0.39, 0.29) is 17.3 Å². The van der Waals surface area contributed by atoms with Gasteiger partial charge in [0.1, 0.15) is 6.54 Å². The fourth-order valence-electron chi connectivity index (χ4n) is 0.636. The van der Waals surface area contributed by atoms with Crippen LogP contribution in [0.3, 0.4) is 0 Å². The summed E-state index contributed by atoms with van der Waals surface area (Å²) in [6.45, 7) is -0.239. The van der Waals surface area contributed by atoms with Crippen LogP contribution in [0.5, 0.6) is 0 Å². The Morgan fingerprint density at radius 2 is 2.23 bits per heavy atom. The minimum absolute atomic E-state index is 0.205. The summed E-state index contributed by atoms with van der Waals surface area (Å²) >= 11 is 9.49. The van der Waals surface area contributed by atoms with E-state index < -0.39 is 5.97 Å². The van der Waals surface area contributed by atoms with E-state index in [4.69, 9.17) is 29.5 Å². The van der Waals surface area contributed by atoms with Gasteiger partial charge in [0.2, 0.25) is 10.7 Å². The SMILES string of the molecule is O=C(O)CNc1nc(=S)[nH]c(=S)[nH]1. The van der Waals surface area contributed by atoms with Crippen LogP contribution >= 0.6 is 24.4 Å². The Morgan fingerprint density at radius 1 is 1.54 bits per heavy atom. The number of carboxylic acids is 1. The van der Waals surface area contributed by atoms with Crippen LogP contribution in [0.25, 0.3) is 0 Å². The topological polar surface area (TPSA) is 93.8 Å². The van der Waals surface area contributed by atoms with Crippen molar-refractivity contribution in [3.05, 3.63) is 9.54 Å². The van der Waals surface area contributed by atoms with Crippen LogP contribution in [-0.2, 0) is 4.79 Å². The summed E-state index contributed by atoms with van der Waals surface area (Å²) in [5.41, 5.74) is 0. The molecule has 1 aromatic heterocycles. The van der Waals surface area contributed by atoms with Crippen molar-refractivity contribution in [3.63, 3.8) is 0 Å². The first kappa shape index (κ1) is 9.81. The quantitative estimate of drug-likeness (QED) is 0.558. The molecule has 0 spiro atoms. The van der Waals surface area contributed by atoms with Gasteiger partial charge in [0, 0.05) is 0 Å². The fourth-order valence-corrected chi connectivity index (χ4v) is 1.09. The largest absolute Gasteiger partial charge is 0.480 e. The maximum Gasteiger partial charge on any atom is 0.322 e. The molecule has 0 bridgehead atoms. The number of carboxylic acid groups (broad SMARTS) is 1. The highest BCUT2D eigenvalue weighted by Crippen LogP contribution is 1.94. The molecule has 8 heteroatoms. The Hall–Kier alpha value is -1.28. The van der Waals surface area contributed by atoms with Gasteiger partial charge in [0.05, 0.1) is 0 Å². The second-order valence-electron chi connectivity index (χ2n) is 2.09. The maximum atomic E-state index is 10.2. The lowest BCUT2D eigenvalue weighted by Crippen LogP contribution is -2.14. The highest BCUT2D eigenvalue weighted by molar-refractivity contribution is 7.71. The molecule has 0 atom stereocenters. The van der Waals surface area contributed by atoms with Crippen LogP contribution in [0.1, 0.15) is 0 Å². The van der Waals surface area contributed by atoms with E-state index in [1.54, 1.807) is 0 Å². The molecule has 70 valence electrons. The van der Waals surface area contributed by atoms with E-state index in [1.165, 1.54) is 0 Å². The molecule has 6 nitrogen and oxygen atoms in total. The van der Waals surface area contributed by atoms with Crippen molar-refractivity contribution in [1.29, 1.82) is 0 Å². The van der Waals surface area contributed by atoms with Crippen LogP contribution < -0.4 is 5.32 Å². The number of rotatable bonds is 3. The van der Waals surface area contributed by atoms with Gasteiger partial charge >= 0.3 is 5.97 Å². The van der Waals surface area contributed by atoms with Crippen molar-refractivity contribution in [2.45, 2.75) is 0 Å². The number of carbonyl (C=O) groups is 1. The summed E-state index contributed by atoms with van der Waals surface area (Å²) in [5, 5.41) is 10.9. The van der Waals surface area contributed by atoms with Gasteiger partial charge in [-0.3, -0.25) is 4.79 Å². The molecule has 0 aromatic carbocycles. The maximum absolute atomic E-state index is 10.2. The van der Waals surface area contributed by atoms with Gasteiger partial charge in [0.25, 0.3) is 0 Å². The molecule has 4 N–H and O–H groups in total. The standard InChI is InChI=1S/C5H6N4O2S2/c10-2(11)1-6-3-7-4(12)9-5(13)8-3/h1H2,(H,10,11)(H3,6,7,8,9,12,13). The van der Waals surface area contributed by atoms with Crippen molar-refractivity contribution >= 4 is 36.4 Å². The zero-order chi connectivity index (χ0) is 9.84. The van der Waals surface area contributed by atoms with Gasteiger partial charge in [-0.05, 0) is 24.4 Å². The predicted octanol–water partition coefficient (Wildman–Crippen LogP) is 0.693. The number of anilines is 1. The van der Waals surface area contributed by atoms with Crippen LogP contribution in [0, 0.1) is 9.54 Å². The molecule has 0 fully saturated rings. The van der Waals surface area contributed by atoms with Crippen molar-refractivity contribution in [1.82, 2.24) is 15.0 Å². The molecule has 0 aliphatic heterocycles. The molecule has 0 unspecified atom stereocenters. The number of aliphatic carboxylic acids is 1. The Labute approximate surface area is 83.0 Å². The molecule has 0 saturated heterocycles. The third-order valence-electron chi connectivity index (χ3n) is 1.07. The summed E-state index contributed by atoms with van der Waals surface area (Å²) in [6.07, 6.45) is 0. The molecule has 1 rings (SSSR count). The third-order valence-corrected chi connectivity index (χ3v) is 1.47. The summed E-state index contributed by atoms with van der Waals surface area (Å²) in [5.74, 6) is -0.740. The van der Waals surface area contributed by atoms with Gasteiger partial charge < -0.3 is 20.4 Å². The molecular formula is C5H6N4O2S2. The number of H-pyrrole nitrogens is 2. The van der Waals surface area contributed by atoms with Crippen molar-refractivity contribution < 1.29 is 9.90 Å². The van der Waals surface area contributed by atoms with Gasteiger partial charge in [-0.25, -0.2) is 0 Å². The Kier molecular flexibility index (Phi) is 3.09. The summed E-state index contributed by atoms with van der Waals surface area (Å²) in [4.78, 5) is 19.1. The molecule has 0 aliphatic carbocycles. The smallest absolute Gasteiger partial charge is 0.322 e. The highest BCUT2D eigenvalue weighted by Gasteiger charge is 1.97. The summed E-state index contributed by atoms with van der Waals surface area (Å²) in [6, 6.07) is 0. The summed E-state index contributed by atoms with van der Waals surface area (Å²) < 4.78 is 0.504. The molecule has 13 heavy (non-hydrogen) atoms. The average molecular weight is 218 g/mol. The van der Waals surface area contributed by atoms with Crippen LogP contribution in [0.4, 0.5) is 5.95 Å². The molecule has 0 radical (unpaired) electrons. The zero-order valence-corrected chi connectivity index (χ0v) is 7.96. The van der Waals surface area contributed by atoms with E-state index in [0.717, 1.165) is 0 Å². The number of aromatic amines is 2. The highest BCUT2D eigenvalue weighted by atomic mass is 32.1. The molecule has 0 aliphatic rings. The van der Waals surface area contributed by atoms with Gasteiger partial charge in [-0.2, -0.15) is 4.98 Å². The van der Waals surface area contributed by atoms with Crippen LogP contribution in [0.2, 0.25) is 0 Å². The fraction of sp³-hybridized carbons (Fsp3) is 0.200. The van der Waals surface area contributed by atoms with Crippen molar-refractivity contribution in [2.75, 3.05) is 11.9 Å². The van der Waals surface area contributed by atoms with E-state index in [2.05, 4.69) is 20.3 Å². The monoisotopic (exact) mass is 218 g/mol. The number of aromatic nitrogens is 3. The van der Waals surface area contributed by atoms with Crippen molar-refractivity contribution in [3.8, 4) is 0 Å². The number of nitrogens with zero attached hydrogens (tertiary/aromatic N) is 1. The third kappa shape index (κ3) is 3.30. The van der Waals surface area contributed by atoms with E-state index in [0.29, 0.717) is 4.77 Å². The normalized spacial score (nSPS) is 9.54.